The van der Waals surface area contributed by atoms with Crippen LogP contribution in [0.25, 0.3) is 11.1 Å². The van der Waals surface area contributed by atoms with Crippen LogP contribution in [-0.2, 0) is 0 Å². The molecule has 0 atom stereocenters. The molecule has 2 rings (SSSR count). The van der Waals surface area contributed by atoms with Crippen molar-refractivity contribution in [1.82, 2.24) is 0 Å². The summed E-state index contributed by atoms with van der Waals surface area (Å²) < 4.78 is 43.9. The van der Waals surface area contributed by atoms with E-state index in [1.807, 2.05) is 24.3 Å². The summed E-state index contributed by atoms with van der Waals surface area (Å²) in [6.07, 6.45) is -4.36. The fourth-order valence-electron chi connectivity index (χ4n) is 2.51. The molecule has 0 heterocycles. The predicted octanol–water partition coefficient (Wildman–Crippen LogP) is 7.15. The molecule has 0 aromatic heterocycles. The molecule has 0 bridgehead atoms. The molecule has 0 fully saturated rings. The van der Waals surface area contributed by atoms with Gasteiger partial charge in [0, 0.05) is 9.13 Å². The van der Waals surface area contributed by atoms with E-state index in [1.165, 1.54) is 0 Å². The van der Waals surface area contributed by atoms with Gasteiger partial charge in [0.2, 0.25) is 0 Å². The number of hydrogen-bond acceptors (Lipinski definition) is 1. The van der Waals surface area contributed by atoms with E-state index in [2.05, 4.69) is 56.4 Å². The van der Waals surface area contributed by atoms with Gasteiger partial charge in [0.05, 0.1) is 0 Å². The summed E-state index contributed by atoms with van der Waals surface area (Å²) in [4.78, 5) is 0. The standard InChI is InChI=1S/C20H22F3IO/c1-12(2)14-5-7-18(24)16(9-14)17-10-15(13(3)4)6-8-19(17)25-11-20(21,22)23/h5-10,12-13H,11H2,1-4H3. The van der Waals surface area contributed by atoms with E-state index in [-0.39, 0.29) is 11.7 Å². The zero-order valence-corrected chi connectivity index (χ0v) is 16.9. The molecule has 136 valence electrons. The van der Waals surface area contributed by atoms with E-state index in [0.29, 0.717) is 11.5 Å². The number of benzene rings is 2. The van der Waals surface area contributed by atoms with Crippen LogP contribution in [0.2, 0.25) is 0 Å². The Balaban J connectivity index is 2.56. The molecule has 0 radical (unpaired) electrons. The third-order valence-electron chi connectivity index (χ3n) is 4.01. The van der Waals surface area contributed by atoms with E-state index in [9.17, 15) is 13.2 Å². The summed E-state index contributed by atoms with van der Waals surface area (Å²) in [5.41, 5.74) is 3.83. The first-order valence-electron chi connectivity index (χ1n) is 8.22. The van der Waals surface area contributed by atoms with Crippen LogP contribution in [-0.4, -0.2) is 12.8 Å². The van der Waals surface area contributed by atoms with E-state index in [0.717, 1.165) is 20.3 Å². The van der Waals surface area contributed by atoms with Crippen LogP contribution in [0, 0.1) is 3.57 Å². The Morgan fingerprint density at radius 3 is 1.92 bits per heavy atom. The number of halogens is 4. The molecular weight excluding hydrogens is 440 g/mol. The van der Waals surface area contributed by atoms with Gasteiger partial charge in [-0.25, -0.2) is 0 Å². The first-order valence-corrected chi connectivity index (χ1v) is 9.29. The van der Waals surface area contributed by atoms with E-state index in [1.54, 1.807) is 6.07 Å². The SMILES string of the molecule is CC(C)c1ccc(I)c(-c2cc(C(C)C)ccc2OCC(F)(F)F)c1. The van der Waals surface area contributed by atoms with Crippen LogP contribution in [0.4, 0.5) is 13.2 Å². The lowest BCUT2D eigenvalue weighted by atomic mass is 9.93. The van der Waals surface area contributed by atoms with Crippen molar-refractivity contribution in [1.29, 1.82) is 0 Å². The largest absolute Gasteiger partial charge is 0.483 e. The lowest BCUT2D eigenvalue weighted by molar-refractivity contribution is -0.153. The maximum Gasteiger partial charge on any atom is 0.422 e. The molecule has 2 aromatic carbocycles. The maximum atomic E-state index is 12.6. The lowest BCUT2D eigenvalue weighted by Gasteiger charge is -2.18. The Labute approximate surface area is 160 Å². The molecule has 1 nitrogen and oxygen atoms in total. The van der Waals surface area contributed by atoms with Crippen LogP contribution in [0.15, 0.2) is 36.4 Å². The summed E-state index contributed by atoms with van der Waals surface area (Å²) in [6, 6.07) is 11.5. The molecule has 0 saturated heterocycles. The highest BCUT2D eigenvalue weighted by atomic mass is 127. The first kappa shape index (κ1) is 20.1. The van der Waals surface area contributed by atoms with Gasteiger partial charge in [0.1, 0.15) is 5.75 Å². The first-order chi connectivity index (χ1) is 11.6. The van der Waals surface area contributed by atoms with Gasteiger partial charge in [-0.2, -0.15) is 13.2 Å². The van der Waals surface area contributed by atoms with Crippen molar-refractivity contribution < 1.29 is 17.9 Å². The Morgan fingerprint density at radius 1 is 0.880 bits per heavy atom. The molecule has 2 aromatic rings. The van der Waals surface area contributed by atoms with Crippen molar-refractivity contribution in [2.75, 3.05) is 6.61 Å². The van der Waals surface area contributed by atoms with Crippen LogP contribution < -0.4 is 4.74 Å². The zero-order valence-electron chi connectivity index (χ0n) is 14.7. The molecule has 5 heteroatoms. The average Bonchev–Trinajstić information content (AvgIpc) is 2.52. The maximum absolute atomic E-state index is 12.6. The van der Waals surface area contributed by atoms with Gasteiger partial charge in [-0.05, 0) is 75.4 Å². The molecule has 25 heavy (non-hydrogen) atoms. The normalized spacial score (nSPS) is 12.1. The molecule has 0 saturated carbocycles. The monoisotopic (exact) mass is 462 g/mol. The van der Waals surface area contributed by atoms with Crippen molar-refractivity contribution >= 4 is 22.6 Å². The Morgan fingerprint density at radius 2 is 1.40 bits per heavy atom. The summed E-state index contributed by atoms with van der Waals surface area (Å²) in [5, 5.41) is 0. The third kappa shape index (κ3) is 5.36. The smallest absolute Gasteiger partial charge is 0.422 e. The number of rotatable bonds is 5. The second-order valence-corrected chi connectivity index (χ2v) is 7.87. The molecule has 0 aliphatic rings. The number of ether oxygens (including phenoxy) is 1. The number of alkyl halides is 3. The van der Waals surface area contributed by atoms with Crippen molar-refractivity contribution in [2.24, 2.45) is 0 Å². The van der Waals surface area contributed by atoms with E-state index < -0.39 is 12.8 Å². The Hall–Kier alpha value is -1.24. The van der Waals surface area contributed by atoms with Crippen molar-refractivity contribution in [3.8, 4) is 16.9 Å². The van der Waals surface area contributed by atoms with E-state index >= 15 is 0 Å². The van der Waals surface area contributed by atoms with Crippen LogP contribution in [0.1, 0.15) is 50.7 Å². The third-order valence-corrected chi connectivity index (χ3v) is 4.95. The van der Waals surface area contributed by atoms with Gasteiger partial charge in [-0.1, -0.05) is 39.8 Å². The topological polar surface area (TPSA) is 9.23 Å². The van der Waals surface area contributed by atoms with Crippen molar-refractivity contribution in [3.63, 3.8) is 0 Å². The summed E-state index contributed by atoms with van der Waals surface area (Å²) in [5.74, 6) is 0.880. The molecule has 0 aliphatic heterocycles. The molecule has 0 unspecified atom stereocenters. The summed E-state index contributed by atoms with van der Waals surface area (Å²) >= 11 is 2.22. The van der Waals surface area contributed by atoms with Gasteiger partial charge in [-0.3, -0.25) is 0 Å². The van der Waals surface area contributed by atoms with Crippen molar-refractivity contribution in [3.05, 3.63) is 51.1 Å². The summed E-state index contributed by atoms with van der Waals surface area (Å²) in [6.45, 7) is 7.02. The highest BCUT2D eigenvalue weighted by molar-refractivity contribution is 14.1. The van der Waals surface area contributed by atoms with Crippen LogP contribution in [0.5, 0.6) is 5.75 Å². The Bertz CT molecular complexity index is 736. The fourth-order valence-corrected chi connectivity index (χ4v) is 3.14. The van der Waals surface area contributed by atoms with Crippen LogP contribution in [0.3, 0.4) is 0 Å². The minimum absolute atomic E-state index is 0.264. The lowest BCUT2D eigenvalue weighted by Crippen LogP contribution is -2.19. The summed E-state index contributed by atoms with van der Waals surface area (Å²) in [7, 11) is 0. The molecule has 0 aliphatic carbocycles. The Kier molecular flexibility index (Phi) is 6.40. The second kappa shape index (κ2) is 7.98. The highest BCUT2D eigenvalue weighted by Crippen LogP contribution is 2.37. The molecule has 0 N–H and O–H groups in total. The number of hydrogen-bond donors (Lipinski definition) is 0. The highest BCUT2D eigenvalue weighted by Gasteiger charge is 2.29. The van der Waals surface area contributed by atoms with Gasteiger partial charge in [0.15, 0.2) is 6.61 Å². The molecule has 0 spiro atoms. The molecular formula is C20H22F3IO. The van der Waals surface area contributed by atoms with Crippen molar-refractivity contribution in [2.45, 2.75) is 45.7 Å². The van der Waals surface area contributed by atoms with Gasteiger partial charge in [0.25, 0.3) is 0 Å². The van der Waals surface area contributed by atoms with Gasteiger partial charge in [-0.15, -0.1) is 0 Å². The fraction of sp³-hybridized carbons (Fsp3) is 0.400. The molecule has 0 amide bonds. The minimum atomic E-state index is -4.36. The van der Waals surface area contributed by atoms with E-state index in [4.69, 9.17) is 4.74 Å². The average molecular weight is 462 g/mol. The minimum Gasteiger partial charge on any atom is -0.483 e. The zero-order chi connectivity index (χ0) is 18.8. The van der Waals surface area contributed by atoms with Gasteiger partial charge >= 0.3 is 6.18 Å². The quantitative estimate of drug-likeness (QED) is 0.429. The second-order valence-electron chi connectivity index (χ2n) is 6.71. The predicted molar refractivity (Wildman–Crippen MR) is 104 cm³/mol. The van der Waals surface area contributed by atoms with Gasteiger partial charge < -0.3 is 4.74 Å². The van der Waals surface area contributed by atoms with Crippen LogP contribution >= 0.6 is 22.6 Å².